The molecule has 2 rings (SSSR count). The molecule has 0 aromatic heterocycles. The molecule has 5 heteroatoms. The van der Waals surface area contributed by atoms with E-state index in [0.29, 0.717) is 5.30 Å². The Morgan fingerprint density at radius 3 is 1.72 bits per heavy atom. The largest absolute Gasteiger partial charge is 0.497 e. The fourth-order valence-electron chi connectivity index (χ4n) is 1.61. The van der Waals surface area contributed by atoms with Crippen molar-refractivity contribution in [2.75, 3.05) is 7.11 Å². The molecule has 0 aliphatic carbocycles. The van der Waals surface area contributed by atoms with E-state index in [0.717, 1.165) is 16.9 Å². The maximum atomic E-state index is 11.5. The minimum Gasteiger partial charge on any atom is -0.497 e. The van der Waals surface area contributed by atoms with Crippen LogP contribution < -0.4 is 10.0 Å². The summed E-state index contributed by atoms with van der Waals surface area (Å²) >= 11 is 11.2. The molecule has 0 N–H and O–H groups in total. The van der Waals surface area contributed by atoms with E-state index in [2.05, 4.69) is 0 Å². The van der Waals surface area contributed by atoms with E-state index in [-0.39, 0.29) is 0 Å². The molecule has 2 aromatic rings. The number of halogens is 2. The molecule has 0 unspecified atom stereocenters. The second-order valence-corrected chi connectivity index (χ2v) is 8.55. The van der Waals surface area contributed by atoms with Crippen molar-refractivity contribution in [3.8, 4) is 16.9 Å². The molecule has 0 aliphatic heterocycles. The molecule has 0 aliphatic rings. The van der Waals surface area contributed by atoms with Crippen LogP contribution in [0.25, 0.3) is 11.1 Å². The average molecular weight is 301 g/mol. The van der Waals surface area contributed by atoms with Crippen LogP contribution >= 0.6 is 28.3 Å². The Morgan fingerprint density at radius 1 is 0.889 bits per heavy atom. The minimum absolute atomic E-state index is 0.447. The van der Waals surface area contributed by atoms with Gasteiger partial charge in [0.15, 0.2) is 0 Å². The lowest BCUT2D eigenvalue weighted by molar-refractivity contribution is 0.415. The average Bonchev–Trinajstić information content (AvgIpc) is 2.38. The molecule has 0 radical (unpaired) electrons. The van der Waals surface area contributed by atoms with Crippen molar-refractivity contribution in [3.05, 3.63) is 48.5 Å². The van der Waals surface area contributed by atoms with Crippen LogP contribution in [0, 0.1) is 0 Å². The van der Waals surface area contributed by atoms with Crippen LogP contribution in [0.5, 0.6) is 5.75 Å². The smallest absolute Gasteiger partial charge is 0.281 e. The molecule has 0 heterocycles. The number of rotatable bonds is 3. The first-order valence-electron chi connectivity index (χ1n) is 5.25. The lowest BCUT2D eigenvalue weighted by atomic mass is 10.1. The van der Waals surface area contributed by atoms with Crippen LogP contribution in [0.4, 0.5) is 0 Å². The minimum atomic E-state index is -3.22. The van der Waals surface area contributed by atoms with Crippen molar-refractivity contribution in [1.82, 2.24) is 0 Å². The zero-order valence-electron chi connectivity index (χ0n) is 9.64. The van der Waals surface area contributed by atoms with Crippen molar-refractivity contribution in [1.29, 1.82) is 0 Å². The molecule has 0 saturated carbocycles. The molecule has 0 atom stereocenters. The molecule has 0 spiro atoms. The predicted octanol–water partition coefficient (Wildman–Crippen LogP) is 4.66. The van der Waals surface area contributed by atoms with Gasteiger partial charge in [-0.3, -0.25) is 4.57 Å². The van der Waals surface area contributed by atoms with Gasteiger partial charge >= 0.3 is 0 Å². The SMILES string of the molecule is COc1ccc(-c2ccc(P(=O)(Cl)Cl)cc2)cc1. The Labute approximate surface area is 115 Å². The number of methoxy groups -OCH3 is 1. The third-order valence-corrected chi connectivity index (χ3v) is 4.66. The van der Waals surface area contributed by atoms with Crippen LogP contribution in [0.2, 0.25) is 0 Å². The molecular formula is C13H11Cl2O2P. The molecule has 0 saturated heterocycles. The van der Waals surface area contributed by atoms with E-state index in [4.69, 9.17) is 27.2 Å². The highest BCUT2D eigenvalue weighted by molar-refractivity contribution is 8.13. The van der Waals surface area contributed by atoms with Gasteiger partial charge in [0.05, 0.1) is 7.11 Å². The summed E-state index contributed by atoms with van der Waals surface area (Å²) in [5.74, 6) is -2.41. The second kappa shape index (κ2) is 5.36. The number of ether oxygens (including phenoxy) is 1. The van der Waals surface area contributed by atoms with E-state index >= 15 is 0 Å². The number of hydrogen-bond donors (Lipinski definition) is 0. The van der Waals surface area contributed by atoms with Crippen LogP contribution in [0.1, 0.15) is 0 Å². The summed E-state index contributed by atoms with van der Waals surface area (Å²) in [7, 11) is 1.63. The maximum absolute atomic E-state index is 11.5. The van der Waals surface area contributed by atoms with Crippen molar-refractivity contribution >= 4 is 33.6 Å². The molecule has 0 amide bonds. The summed E-state index contributed by atoms with van der Waals surface area (Å²) in [4.78, 5) is 0. The van der Waals surface area contributed by atoms with Gasteiger partial charge in [-0.15, -0.1) is 0 Å². The van der Waals surface area contributed by atoms with Gasteiger partial charge in [0.1, 0.15) is 5.75 Å². The Hall–Kier alpha value is -0.950. The first-order valence-corrected chi connectivity index (χ1v) is 8.77. The van der Waals surface area contributed by atoms with Gasteiger partial charge in [-0.1, -0.05) is 24.3 Å². The van der Waals surface area contributed by atoms with Crippen LogP contribution in [-0.4, -0.2) is 7.11 Å². The Morgan fingerprint density at radius 2 is 1.33 bits per heavy atom. The van der Waals surface area contributed by atoms with Crippen molar-refractivity contribution in [3.63, 3.8) is 0 Å². The Bertz CT molecular complexity index is 573. The standard InChI is InChI=1S/C13H11Cl2O2P/c1-17-12-6-2-10(3-7-12)11-4-8-13(9-5-11)18(14,15)16/h2-9H,1H3. The van der Waals surface area contributed by atoms with E-state index < -0.39 is 5.85 Å². The lowest BCUT2D eigenvalue weighted by Crippen LogP contribution is -1.95. The van der Waals surface area contributed by atoms with Gasteiger partial charge in [-0.2, -0.15) is 0 Å². The van der Waals surface area contributed by atoms with Crippen LogP contribution in [0.15, 0.2) is 48.5 Å². The molecule has 0 bridgehead atoms. The second-order valence-electron chi connectivity index (χ2n) is 3.74. The van der Waals surface area contributed by atoms with Gasteiger partial charge in [0.2, 0.25) is 0 Å². The van der Waals surface area contributed by atoms with Gasteiger partial charge in [-0.25, -0.2) is 0 Å². The molecule has 0 fully saturated rings. The molecule has 94 valence electrons. The topological polar surface area (TPSA) is 26.3 Å². The van der Waals surface area contributed by atoms with Gasteiger partial charge in [0.25, 0.3) is 5.85 Å². The zero-order valence-corrected chi connectivity index (χ0v) is 12.0. The van der Waals surface area contributed by atoms with Crippen molar-refractivity contribution < 1.29 is 9.30 Å². The molecule has 2 aromatic carbocycles. The summed E-state index contributed by atoms with van der Waals surface area (Å²) in [5.41, 5.74) is 2.05. The molecular weight excluding hydrogens is 290 g/mol. The fraction of sp³-hybridized carbons (Fsp3) is 0.0769. The van der Waals surface area contributed by atoms with Gasteiger partial charge in [-0.05, 0) is 57.9 Å². The number of hydrogen-bond acceptors (Lipinski definition) is 2. The van der Waals surface area contributed by atoms with E-state index in [1.807, 2.05) is 36.4 Å². The summed E-state index contributed by atoms with van der Waals surface area (Å²) < 4.78 is 16.6. The monoisotopic (exact) mass is 300 g/mol. The highest BCUT2D eigenvalue weighted by Gasteiger charge is 2.16. The van der Waals surface area contributed by atoms with E-state index in [1.54, 1.807) is 19.2 Å². The Kier molecular flexibility index (Phi) is 4.01. The highest BCUT2D eigenvalue weighted by atomic mass is 35.9. The quantitative estimate of drug-likeness (QED) is 0.771. The van der Waals surface area contributed by atoms with Crippen molar-refractivity contribution in [2.24, 2.45) is 0 Å². The van der Waals surface area contributed by atoms with Crippen molar-refractivity contribution in [2.45, 2.75) is 0 Å². The normalized spacial score (nSPS) is 11.3. The molecule has 2 nitrogen and oxygen atoms in total. The predicted molar refractivity (Wildman–Crippen MR) is 77.4 cm³/mol. The van der Waals surface area contributed by atoms with Gasteiger partial charge in [0, 0.05) is 5.30 Å². The van der Waals surface area contributed by atoms with Crippen LogP contribution in [-0.2, 0) is 4.57 Å². The first-order chi connectivity index (χ1) is 8.50. The lowest BCUT2D eigenvalue weighted by Gasteiger charge is -2.06. The summed E-state index contributed by atoms with van der Waals surface area (Å²) in [5, 5.41) is 0.447. The third-order valence-electron chi connectivity index (χ3n) is 2.59. The van der Waals surface area contributed by atoms with Gasteiger partial charge < -0.3 is 4.74 Å². The summed E-state index contributed by atoms with van der Waals surface area (Å²) in [6.07, 6.45) is 0. The van der Waals surface area contributed by atoms with Crippen LogP contribution in [0.3, 0.4) is 0 Å². The number of benzene rings is 2. The zero-order chi connectivity index (χ0) is 13.2. The maximum Gasteiger partial charge on any atom is 0.281 e. The fourth-order valence-corrected chi connectivity index (χ4v) is 2.78. The highest BCUT2D eigenvalue weighted by Crippen LogP contribution is 2.55. The Balaban J connectivity index is 2.31. The third kappa shape index (κ3) is 3.08. The first kappa shape index (κ1) is 13.5. The summed E-state index contributed by atoms with van der Waals surface area (Å²) in [6, 6.07) is 14.7. The molecule has 18 heavy (non-hydrogen) atoms. The van der Waals surface area contributed by atoms with E-state index in [1.165, 1.54) is 0 Å². The van der Waals surface area contributed by atoms with E-state index in [9.17, 15) is 4.57 Å². The summed E-state index contributed by atoms with van der Waals surface area (Å²) in [6.45, 7) is 0.